The van der Waals surface area contributed by atoms with Crippen LogP contribution >= 0.6 is 0 Å². The van der Waals surface area contributed by atoms with Crippen molar-refractivity contribution in [1.82, 2.24) is 15.0 Å². The molecule has 0 radical (unpaired) electrons. The van der Waals surface area contributed by atoms with Crippen LogP contribution in [0, 0.1) is 0 Å². The lowest BCUT2D eigenvalue weighted by molar-refractivity contribution is 0.000165. The van der Waals surface area contributed by atoms with Gasteiger partial charge in [0.2, 0.25) is 0 Å². The van der Waals surface area contributed by atoms with Crippen LogP contribution < -0.4 is 0 Å². The lowest BCUT2D eigenvalue weighted by Crippen LogP contribution is -2.38. The second-order valence-corrected chi connectivity index (χ2v) is 6.92. The van der Waals surface area contributed by atoms with Gasteiger partial charge >= 0.3 is 6.09 Å². The van der Waals surface area contributed by atoms with Gasteiger partial charge in [0.15, 0.2) is 11.4 Å². The molecule has 1 N–H and O–H groups in total. The number of carbonyl (C=O) groups excluding carboxylic acids is 1. The van der Waals surface area contributed by atoms with Crippen molar-refractivity contribution in [1.29, 1.82) is 0 Å². The van der Waals surface area contributed by atoms with Crippen molar-refractivity contribution in [3.8, 4) is 0 Å². The molecule has 2 aliphatic rings. The largest absolute Gasteiger partial charge is 0.444 e. The first-order valence-electron chi connectivity index (χ1n) is 7.31. The van der Waals surface area contributed by atoms with Gasteiger partial charge in [-0.15, -0.1) is 0 Å². The second kappa shape index (κ2) is 4.69. The molecular formula is C14H21N3O4. The molecule has 0 aromatic carbocycles. The molecule has 1 aromatic heterocycles. The van der Waals surface area contributed by atoms with Crippen molar-refractivity contribution in [2.75, 3.05) is 13.1 Å². The highest BCUT2D eigenvalue weighted by molar-refractivity contribution is 5.68. The van der Waals surface area contributed by atoms with Crippen LogP contribution in [-0.2, 0) is 10.3 Å². The third kappa shape index (κ3) is 3.02. The number of β-amino-alcohol motifs (C(OH)–C–C–N with tert-alkyl or cyclic N) is 1. The van der Waals surface area contributed by atoms with Gasteiger partial charge < -0.3 is 19.3 Å². The summed E-state index contributed by atoms with van der Waals surface area (Å²) in [7, 11) is 0. The molecule has 1 aliphatic carbocycles. The van der Waals surface area contributed by atoms with E-state index in [9.17, 15) is 9.90 Å². The van der Waals surface area contributed by atoms with Gasteiger partial charge in [0, 0.05) is 18.9 Å². The van der Waals surface area contributed by atoms with E-state index in [0.29, 0.717) is 24.7 Å². The third-order valence-corrected chi connectivity index (χ3v) is 3.68. The minimum absolute atomic E-state index is 0.119. The summed E-state index contributed by atoms with van der Waals surface area (Å²) in [6.45, 7) is 5.97. The normalized spacial score (nSPS) is 26.2. The summed E-state index contributed by atoms with van der Waals surface area (Å²) in [6, 6.07) is 0. The highest BCUT2D eigenvalue weighted by atomic mass is 16.6. The van der Waals surface area contributed by atoms with Crippen LogP contribution in [0.3, 0.4) is 0 Å². The van der Waals surface area contributed by atoms with E-state index in [-0.39, 0.29) is 12.4 Å². The maximum atomic E-state index is 12.0. The zero-order chi connectivity index (χ0) is 15.3. The van der Waals surface area contributed by atoms with Gasteiger partial charge in [0.1, 0.15) is 5.60 Å². The van der Waals surface area contributed by atoms with E-state index in [0.717, 1.165) is 12.8 Å². The van der Waals surface area contributed by atoms with E-state index in [1.54, 1.807) is 0 Å². The molecule has 1 unspecified atom stereocenters. The van der Waals surface area contributed by atoms with Gasteiger partial charge in [0.25, 0.3) is 5.89 Å². The van der Waals surface area contributed by atoms with Crippen LogP contribution in [0.1, 0.15) is 57.7 Å². The zero-order valence-electron chi connectivity index (χ0n) is 12.6. The molecule has 116 valence electrons. The Bertz CT molecular complexity index is 547. The molecule has 2 heterocycles. The number of aromatic nitrogens is 2. The van der Waals surface area contributed by atoms with Crippen LogP contribution in [0.5, 0.6) is 0 Å². The van der Waals surface area contributed by atoms with E-state index < -0.39 is 17.3 Å². The van der Waals surface area contributed by atoms with Crippen LogP contribution in [0.4, 0.5) is 4.79 Å². The number of aliphatic hydroxyl groups is 1. The van der Waals surface area contributed by atoms with Gasteiger partial charge in [-0.3, -0.25) is 0 Å². The molecule has 7 heteroatoms. The smallest absolute Gasteiger partial charge is 0.410 e. The maximum absolute atomic E-state index is 12.0. The second-order valence-electron chi connectivity index (χ2n) is 6.92. The average molecular weight is 295 g/mol. The fourth-order valence-corrected chi connectivity index (χ4v) is 2.38. The minimum Gasteiger partial charge on any atom is -0.444 e. The van der Waals surface area contributed by atoms with Gasteiger partial charge in [-0.1, -0.05) is 5.16 Å². The van der Waals surface area contributed by atoms with E-state index in [1.807, 2.05) is 20.8 Å². The van der Waals surface area contributed by atoms with Gasteiger partial charge in [-0.05, 0) is 33.6 Å². The van der Waals surface area contributed by atoms with Crippen LogP contribution in [-0.4, -0.2) is 44.9 Å². The standard InChI is InChI=1S/C14H21N3O4/c1-13(2,3)20-12(18)17-7-6-14(19,8-17)11-15-10(16-21-11)9-4-5-9/h9,19H,4-8H2,1-3H3. The third-order valence-electron chi connectivity index (χ3n) is 3.68. The number of hydrogen-bond acceptors (Lipinski definition) is 6. The number of ether oxygens (including phenoxy) is 1. The quantitative estimate of drug-likeness (QED) is 0.894. The zero-order valence-corrected chi connectivity index (χ0v) is 12.6. The van der Waals surface area contributed by atoms with Gasteiger partial charge in [0.05, 0.1) is 6.54 Å². The average Bonchev–Trinajstić information content (AvgIpc) is 2.95. The molecule has 1 amide bonds. The SMILES string of the molecule is CC(C)(C)OC(=O)N1CCC(O)(c2nc(C3CC3)no2)C1. The first kappa shape index (κ1) is 14.3. The van der Waals surface area contributed by atoms with Crippen molar-refractivity contribution < 1.29 is 19.2 Å². The summed E-state index contributed by atoms with van der Waals surface area (Å²) < 4.78 is 10.5. The van der Waals surface area contributed by atoms with Crippen molar-refractivity contribution in [3.63, 3.8) is 0 Å². The van der Waals surface area contributed by atoms with Crippen molar-refractivity contribution >= 4 is 6.09 Å². The lowest BCUT2D eigenvalue weighted by Gasteiger charge is -2.25. The fourth-order valence-electron chi connectivity index (χ4n) is 2.38. The first-order valence-corrected chi connectivity index (χ1v) is 7.31. The van der Waals surface area contributed by atoms with E-state index in [2.05, 4.69) is 10.1 Å². The van der Waals surface area contributed by atoms with Crippen molar-refractivity contribution in [3.05, 3.63) is 11.7 Å². The Labute approximate surface area is 123 Å². The molecule has 7 nitrogen and oxygen atoms in total. The Balaban J connectivity index is 1.68. The van der Waals surface area contributed by atoms with E-state index in [1.165, 1.54) is 4.90 Å². The molecule has 3 rings (SSSR count). The van der Waals surface area contributed by atoms with Crippen molar-refractivity contribution in [2.45, 2.75) is 57.2 Å². The number of nitrogens with zero attached hydrogens (tertiary/aromatic N) is 3. The Morgan fingerprint density at radius 1 is 1.48 bits per heavy atom. The summed E-state index contributed by atoms with van der Waals surface area (Å²) in [5.41, 5.74) is -1.82. The van der Waals surface area contributed by atoms with Gasteiger partial charge in [-0.2, -0.15) is 4.98 Å². The molecule has 1 aromatic rings. The number of carbonyl (C=O) groups is 1. The molecule has 2 fully saturated rings. The monoisotopic (exact) mass is 295 g/mol. The van der Waals surface area contributed by atoms with Crippen LogP contribution in [0.2, 0.25) is 0 Å². The van der Waals surface area contributed by atoms with Crippen molar-refractivity contribution in [2.24, 2.45) is 0 Å². The Morgan fingerprint density at radius 3 is 2.81 bits per heavy atom. The predicted octanol–water partition coefficient (Wildman–Crippen LogP) is 1.78. The summed E-state index contributed by atoms with van der Waals surface area (Å²) in [6.07, 6.45) is 2.09. The number of hydrogen-bond donors (Lipinski definition) is 1. The van der Waals surface area contributed by atoms with E-state index in [4.69, 9.17) is 9.26 Å². The predicted molar refractivity (Wildman–Crippen MR) is 72.6 cm³/mol. The molecule has 1 atom stereocenters. The summed E-state index contributed by atoms with van der Waals surface area (Å²) >= 11 is 0. The Morgan fingerprint density at radius 2 is 2.19 bits per heavy atom. The summed E-state index contributed by atoms with van der Waals surface area (Å²) in [5.74, 6) is 1.24. The number of likely N-dealkylation sites (tertiary alicyclic amines) is 1. The lowest BCUT2D eigenvalue weighted by atomic mass is 10.0. The molecule has 21 heavy (non-hydrogen) atoms. The Kier molecular flexibility index (Phi) is 3.20. The molecule has 0 bridgehead atoms. The number of rotatable bonds is 2. The molecule has 1 saturated heterocycles. The summed E-state index contributed by atoms with van der Waals surface area (Å²) in [5, 5.41) is 14.6. The molecule has 0 spiro atoms. The first-order chi connectivity index (χ1) is 9.77. The highest BCUT2D eigenvalue weighted by Gasteiger charge is 2.46. The maximum Gasteiger partial charge on any atom is 0.410 e. The highest BCUT2D eigenvalue weighted by Crippen LogP contribution is 2.40. The molecule has 1 aliphatic heterocycles. The van der Waals surface area contributed by atoms with Gasteiger partial charge in [-0.25, -0.2) is 4.79 Å². The fraction of sp³-hybridized carbons (Fsp3) is 0.786. The topological polar surface area (TPSA) is 88.7 Å². The Hall–Kier alpha value is -1.63. The van der Waals surface area contributed by atoms with Crippen LogP contribution in [0.15, 0.2) is 4.52 Å². The minimum atomic E-state index is -1.27. The van der Waals surface area contributed by atoms with Crippen LogP contribution in [0.25, 0.3) is 0 Å². The number of amides is 1. The van der Waals surface area contributed by atoms with E-state index >= 15 is 0 Å². The molecular weight excluding hydrogens is 274 g/mol. The summed E-state index contributed by atoms with van der Waals surface area (Å²) in [4.78, 5) is 17.8. The molecule has 1 saturated carbocycles.